The second kappa shape index (κ2) is 8.95. The molecule has 0 bridgehead atoms. The van der Waals surface area contributed by atoms with Crippen LogP contribution in [0, 0.1) is 12.7 Å². The maximum absolute atomic E-state index is 13.2. The number of aliphatic hydroxyl groups excluding tert-OH is 2. The van der Waals surface area contributed by atoms with E-state index in [-0.39, 0.29) is 39.1 Å². The van der Waals surface area contributed by atoms with Gasteiger partial charge in [0.05, 0.1) is 0 Å². The van der Waals surface area contributed by atoms with Gasteiger partial charge in [-0.15, -0.1) is 0 Å². The molecule has 3 unspecified atom stereocenters. The molecule has 0 saturated carbocycles. The first-order valence-corrected chi connectivity index (χ1v) is 11.6. The summed E-state index contributed by atoms with van der Waals surface area (Å²) < 4.78 is 21.8. The molecule has 2 N–H and O–H groups in total. The van der Waals surface area contributed by atoms with E-state index in [2.05, 4.69) is 37.3 Å². The van der Waals surface area contributed by atoms with E-state index < -0.39 is 6.10 Å². The molecule has 152 valence electrons. The molecule has 3 atom stereocenters. The van der Waals surface area contributed by atoms with Gasteiger partial charge in [0.2, 0.25) is 0 Å². The topological polar surface area (TPSA) is 49.7 Å². The first-order chi connectivity index (χ1) is 14.0. The molecule has 0 spiro atoms. The van der Waals surface area contributed by atoms with Gasteiger partial charge in [-0.25, -0.2) is 0 Å². The quantitative estimate of drug-likeness (QED) is 0.567. The number of halogens is 1. The number of benzene rings is 2. The first kappa shape index (κ1) is 20.5. The zero-order valence-electron chi connectivity index (χ0n) is 16.3. The third kappa shape index (κ3) is 4.88. The molecule has 0 amide bonds. The third-order valence-corrected chi connectivity index (χ3v) is 7.86. The van der Waals surface area contributed by atoms with Crippen LogP contribution in [-0.4, -0.2) is 43.5 Å². The fourth-order valence-corrected chi connectivity index (χ4v) is 6.01. The van der Waals surface area contributed by atoms with Crippen LogP contribution in [0.25, 0.3) is 10.0 Å². The number of ether oxygens (including phenoxy) is 1. The second-order valence-electron chi connectivity index (χ2n) is 7.69. The summed E-state index contributed by atoms with van der Waals surface area (Å²) in [6.45, 7) is 2.04. The van der Waals surface area contributed by atoms with Crippen LogP contribution in [0.15, 0.2) is 54.6 Å². The predicted octanol–water partition coefficient (Wildman–Crippen LogP) is 4.02. The maximum atomic E-state index is 13.2. The van der Waals surface area contributed by atoms with Gasteiger partial charge in [-0.2, -0.15) is 0 Å². The first-order valence-electron chi connectivity index (χ1n) is 9.90. The molecule has 2 heterocycles. The minimum atomic E-state index is -0.445. The number of aliphatic hydroxyl groups is 2. The van der Waals surface area contributed by atoms with E-state index in [4.69, 9.17) is 4.74 Å². The summed E-state index contributed by atoms with van der Waals surface area (Å²) in [5.41, 5.74) is 4.63. The van der Waals surface area contributed by atoms with Crippen LogP contribution in [0.3, 0.4) is 0 Å². The summed E-state index contributed by atoms with van der Waals surface area (Å²) in [6.07, 6.45) is 0.975. The number of hydrogen-bond acceptors (Lipinski definition) is 3. The summed E-state index contributed by atoms with van der Waals surface area (Å²) in [5.74, 6) is -0.209. The van der Waals surface area contributed by atoms with Crippen LogP contribution in [0.4, 0.5) is 4.39 Å². The predicted molar refractivity (Wildman–Crippen MR) is 113 cm³/mol. The van der Waals surface area contributed by atoms with Crippen LogP contribution >= 0.6 is 0 Å². The Morgan fingerprint density at radius 1 is 1.07 bits per heavy atom. The Kier molecular flexibility index (Phi) is 6.33. The van der Waals surface area contributed by atoms with Gasteiger partial charge >= 0.3 is 176 Å². The molecule has 4 rings (SSSR count). The summed E-state index contributed by atoms with van der Waals surface area (Å²) in [4.78, 5) is 0. The molecule has 0 radical (unpaired) electrons. The second-order valence-corrected chi connectivity index (χ2v) is 10.1. The van der Waals surface area contributed by atoms with Crippen LogP contribution in [-0.2, 0) is 11.2 Å². The molecule has 0 aliphatic carbocycles. The van der Waals surface area contributed by atoms with Gasteiger partial charge in [0.15, 0.2) is 0 Å². The fourth-order valence-electron chi connectivity index (χ4n) is 3.83. The van der Waals surface area contributed by atoms with Crippen molar-refractivity contribution in [2.75, 3.05) is 6.61 Å². The molecule has 2 aromatic carbocycles. The van der Waals surface area contributed by atoms with Crippen molar-refractivity contribution < 1.29 is 19.3 Å². The van der Waals surface area contributed by atoms with Crippen molar-refractivity contribution in [1.82, 2.24) is 0 Å². The molecule has 1 aliphatic rings. The molecular weight excluding hydrogens is 434 g/mol. The van der Waals surface area contributed by atoms with Crippen LogP contribution in [0.1, 0.15) is 40.1 Å². The monoisotopic (exact) mass is 460 g/mol. The van der Waals surface area contributed by atoms with Crippen molar-refractivity contribution in [2.45, 2.75) is 44.5 Å². The van der Waals surface area contributed by atoms with Crippen LogP contribution in [0.5, 0.6) is 0 Å². The van der Waals surface area contributed by atoms with Crippen molar-refractivity contribution in [3.63, 3.8) is 0 Å². The summed E-state index contributed by atoms with van der Waals surface area (Å²) in [7, 11) is 0. The molecule has 1 fully saturated rings. The number of hydrogen-bond donors (Lipinski definition) is 2. The number of aryl methyl sites for hydroxylation is 1. The van der Waals surface area contributed by atoms with Crippen molar-refractivity contribution in [3.8, 4) is 10.0 Å². The Balaban J connectivity index is 1.53. The van der Waals surface area contributed by atoms with Crippen LogP contribution < -0.4 is 0 Å². The fraction of sp³-hybridized carbons (Fsp3) is 0.333. The Morgan fingerprint density at radius 3 is 2.62 bits per heavy atom. The van der Waals surface area contributed by atoms with Gasteiger partial charge < -0.3 is 0 Å². The number of rotatable bonds is 5. The average Bonchev–Trinajstić information content (AvgIpc) is 3.18. The van der Waals surface area contributed by atoms with E-state index in [1.165, 1.54) is 32.1 Å². The SMILES string of the molecule is Cc1ccc(C2CC(O)CC(CO)O2)cc1Cc1ccc(-c2ccc(F)cc2)[se]1. The van der Waals surface area contributed by atoms with E-state index in [0.717, 1.165) is 17.5 Å². The molecule has 5 heteroatoms. The van der Waals surface area contributed by atoms with Gasteiger partial charge in [0, 0.05) is 0 Å². The Bertz CT molecular complexity index is 967. The summed E-state index contributed by atoms with van der Waals surface area (Å²) in [5, 5.41) is 19.6. The van der Waals surface area contributed by atoms with Crippen molar-refractivity contribution in [1.29, 1.82) is 0 Å². The Labute approximate surface area is 176 Å². The molecule has 1 saturated heterocycles. The Morgan fingerprint density at radius 2 is 1.86 bits per heavy atom. The van der Waals surface area contributed by atoms with Gasteiger partial charge in [-0.05, 0) is 0 Å². The Hall–Kier alpha value is -1.75. The van der Waals surface area contributed by atoms with Crippen molar-refractivity contribution in [2.24, 2.45) is 0 Å². The van der Waals surface area contributed by atoms with Gasteiger partial charge in [-0.3, -0.25) is 0 Å². The van der Waals surface area contributed by atoms with Crippen molar-refractivity contribution in [3.05, 3.63) is 81.5 Å². The molecule has 29 heavy (non-hydrogen) atoms. The summed E-state index contributed by atoms with van der Waals surface area (Å²) >= 11 is 0.222. The van der Waals surface area contributed by atoms with E-state index in [1.54, 1.807) is 0 Å². The van der Waals surface area contributed by atoms with E-state index in [1.807, 2.05) is 12.1 Å². The molecule has 3 nitrogen and oxygen atoms in total. The van der Waals surface area contributed by atoms with Gasteiger partial charge in [-0.1, -0.05) is 0 Å². The van der Waals surface area contributed by atoms with Crippen molar-refractivity contribution >= 4 is 14.5 Å². The molecule has 3 aromatic rings. The third-order valence-electron chi connectivity index (χ3n) is 5.48. The molecule has 1 aromatic heterocycles. The van der Waals surface area contributed by atoms with E-state index in [9.17, 15) is 14.6 Å². The average molecular weight is 459 g/mol. The van der Waals surface area contributed by atoms with E-state index >= 15 is 0 Å². The van der Waals surface area contributed by atoms with E-state index in [0.29, 0.717) is 12.8 Å². The molecular formula is C24H25FO3Se. The minimum absolute atomic E-state index is 0.0699. The molecule has 1 aliphatic heterocycles. The van der Waals surface area contributed by atoms with Crippen LogP contribution in [0.2, 0.25) is 0 Å². The van der Waals surface area contributed by atoms with Gasteiger partial charge in [0.25, 0.3) is 0 Å². The zero-order chi connectivity index (χ0) is 20.4. The zero-order valence-corrected chi connectivity index (χ0v) is 18.1. The summed E-state index contributed by atoms with van der Waals surface area (Å²) in [6, 6.07) is 17.4. The standard InChI is InChI=1S/C24H25FO3Se/c1-15-2-3-17(23-13-20(27)12-21(14-26)28-23)10-18(15)11-22-8-9-24(29-22)16-4-6-19(25)7-5-16/h2-10,20-21,23,26-27H,11-14H2,1H3. The normalized spacial score (nSPS) is 22.0. The van der Waals surface area contributed by atoms with Gasteiger partial charge in [0.1, 0.15) is 0 Å².